The van der Waals surface area contributed by atoms with Gasteiger partial charge >= 0.3 is 23.9 Å². The van der Waals surface area contributed by atoms with E-state index in [1.165, 1.54) is 13.8 Å². The molecule has 2 aromatic carbocycles. The molecule has 2 bridgehead atoms. The monoisotopic (exact) mass is 580 g/mol. The number of ether oxygens (including phenoxy) is 5. The van der Waals surface area contributed by atoms with Crippen molar-refractivity contribution in [1.29, 1.82) is 0 Å². The summed E-state index contributed by atoms with van der Waals surface area (Å²) < 4.78 is 30.9. The van der Waals surface area contributed by atoms with Gasteiger partial charge in [-0.25, -0.2) is 9.59 Å². The van der Waals surface area contributed by atoms with Crippen molar-refractivity contribution in [1.82, 2.24) is 0 Å². The molecule has 10 nitrogen and oxygen atoms in total. The van der Waals surface area contributed by atoms with Crippen molar-refractivity contribution in [3.05, 3.63) is 71.8 Å². The summed E-state index contributed by atoms with van der Waals surface area (Å²) in [6, 6.07) is 16.7. The van der Waals surface area contributed by atoms with Crippen LogP contribution in [0.5, 0.6) is 0 Å². The highest BCUT2D eigenvalue weighted by Crippen LogP contribution is 2.66. The van der Waals surface area contributed by atoms with Gasteiger partial charge in [-0.2, -0.15) is 0 Å². The molecule has 5 rings (SSSR count). The van der Waals surface area contributed by atoms with E-state index < -0.39 is 76.9 Å². The maximum atomic E-state index is 13.5. The zero-order valence-electron chi connectivity index (χ0n) is 24.3. The summed E-state index contributed by atoms with van der Waals surface area (Å²) in [4.78, 5) is 52.0. The number of carbonyl (C=O) groups is 4. The highest BCUT2D eigenvalue weighted by Gasteiger charge is 2.83. The number of aliphatic hydroxyl groups excluding tert-OH is 1. The Morgan fingerprint density at radius 1 is 0.738 bits per heavy atom. The molecule has 1 aliphatic heterocycles. The lowest BCUT2D eigenvalue weighted by atomic mass is 9.50. The van der Waals surface area contributed by atoms with E-state index in [1.54, 1.807) is 81.4 Å². The number of hydrogen-bond acceptors (Lipinski definition) is 10. The summed E-state index contributed by atoms with van der Waals surface area (Å²) in [5.41, 5.74) is -3.87. The summed E-state index contributed by atoms with van der Waals surface area (Å²) in [6.45, 7) is 7.65. The average molecular weight is 581 g/mol. The first-order chi connectivity index (χ1) is 19.8. The highest BCUT2D eigenvalue weighted by atomic mass is 16.6. The van der Waals surface area contributed by atoms with Crippen LogP contribution in [0.15, 0.2) is 60.7 Å². The molecular formula is C32H36O10. The van der Waals surface area contributed by atoms with E-state index in [4.69, 9.17) is 23.7 Å². The predicted molar refractivity (Wildman–Crippen MR) is 147 cm³/mol. The Morgan fingerprint density at radius 3 is 1.74 bits per heavy atom. The molecule has 2 aromatic rings. The van der Waals surface area contributed by atoms with Gasteiger partial charge in [0.15, 0.2) is 6.10 Å². The second-order valence-corrected chi connectivity index (χ2v) is 12.0. The van der Waals surface area contributed by atoms with Gasteiger partial charge in [0.1, 0.15) is 23.9 Å². The number of carbonyl (C=O) groups excluding carboxylic acids is 4. The van der Waals surface area contributed by atoms with Gasteiger partial charge in [0.25, 0.3) is 0 Å². The number of esters is 4. The fourth-order valence-corrected chi connectivity index (χ4v) is 7.38. The van der Waals surface area contributed by atoms with E-state index in [0.717, 1.165) is 0 Å². The largest absolute Gasteiger partial charge is 0.462 e. The topological polar surface area (TPSA) is 135 Å². The number of hydrogen-bond donors (Lipinski definition) is 1. The minimum Gasteiger partial charge on any atom is -0.462 e. The van der Waals surface area contributed by atoms with Gasteiger partial charge in [0.2, 0.25) is 0 Å². The third-order valence-corrected chi connectivity index (χ3v) is 9.03. The van der Waals surface area contributed by atoms with E-state index >= 15 is 0 Å². The molecule has 10 heteroatoms. The Hall–Kier alpha value is -3.76. The molecule has 8 unspecified atom stereocenters. The average Bonchev–Trinajstić information content (AvgIpc) is 3.15. The second kappa shape index (κ2) is 10.8. The van der Waals surface area contributed by atoms with Crippen molar-refractivity contribution < 1.29 is 48.0 Å². The molecule has 0 amide bonds. The van der Waals surface area contributed by atoms with Crippen LogP contribution >= 0.6 is 0 Å². The minimum absolute atomic E-state index is 0.146. The number of rotatable bonds is 6. The summed E-state index contributed by atoms with van der Waals surface area (Å²) in [7, 11) is 0. The van der Waals surface area contributed by atoms with E-state index in [0.29, 0.717) is 0 Å². The molecule has 224 valence electrons. The first-order valence-electron chi connectivity index (χ1n) is 14.1. The molecule has 1 spiro atoms. The van der Waals surface area contributed by atoms with Crippen molar-refractivity contribution in [3.63, 3.8) is 0 Å². The van der Waals surface area contributed by atoms with Gasteiger partial charge < -0.3 is 28.8 Å². The summed E-state index contributed by atoms with van der Waals surface area (Å²) in [5.74, 6) is -3.50. The molecule has 3 fully saturated rings. The van der Waals surface area contributed by atoms with Crippen LogP contribution in [0.3, 0.4) is 0 Å². The molecule has 0 aromatic heterocycles. The maximum Gasteiger partial charge on any atom is 0.338 e. The normalized spacial score (nSPS) is 34.4. The van der Waals surface area contributed by atoms with Gasteiger partial charge in [-0.3, -0.25) is 9.59 Å². The van der Waals surface area contributed by atoms with Crippen molar-refractivity contribution in [2.24, 2.45) is 11.3 Å². The summed E-state index contributed by atoms with van der Waals surface area (Å²) in [6.07, 6.45) is -5.46. The van der Waals surface area contributed by atoms with Gasteiger partial charge in [-0.05, 0) is 57.9 Å². The van der Waals surface area contributed by atoms with E-state index in [2.05, 4.69) is 0 Å². The van der Waals surface area contributed by atoms with Crippen molar-refractivity contribution in [2.45, 2.75) is 89.2 Å². The van der Waals surface area contributed by atoms with Gasteiger partial charge in [-0.15, -0.1) is 0 Å². The Balaban J connectivity index is 1.71. The third kappa shape index (κ3) is 4.66. The molecule has 0 radical (unpaired) electrons. The van der Waals surface area contributed by atoms with Crippen LogP contribution in [0.2, 0.25) is 0 Å². The zero-order valence-corrected chi connectivity index (χ0v) is 24.3. The fraction of sp³-hybridized carbons (Fsp3) is 0.500. The SMILES string of the molecule is CC(=O)OC1C2C(OC(=O)c3ccccc3)C3(OC2(C)C)C(O)CCC(OC(C)=O)C3(C)C1OC(=O)c1ccccc1. The molecular weight excluding hydrogens is 544 g/mol. The molecule has 2 aliphatic carbocycles. The third-order valence-electron chi connectivity index (χ3n) is 9.03. The number of fused-ring (bicyclic) bond motifs is 1. The van der Waals surface area contributed by atoms with E-state index in [9.17, 15) is 24.3 Å². The Morgan fingerprint density at radius 2 is 1.24 bits per heavy atom. The predicted octanol–water partition coefficient (Wildman–Crippen LogP) is 3.64. The fourth-order valence-electron chi connectivity index (χ4n) is 7.38. The van der Waals surface area contributed by atoms with Crippen molar-refractivity contribution in [3.8, 4) is 0 Å². The van der Waals surface area contributed by atoms with Crippen LogP contribution in [-0.2, 0) is 33.3 Å². The van der Waals surface area contributed by atoms with E-state index in [1.807, 2.05) is 0 Å². The Kier molecular flexibility index (Phi) is 7.66. The quantitative estimate of drug-likeness (QED) is 0.399. The van der Waals surface area contributed by atoms with Crippen LogP contribution in [0.25, 0.3) is 0 Å². The van der Waals surface area contributed by atoms with Crippen LogP contribution in [0, 0.1) is 11.3 Å². The molecule has 2 saturated carbocycles. The van der Waals surface area contributed by atoms with Crippen LogP contribution in [0.4, 0.5) is 0 Å². The molecule has 42 heavy (non-hydrogen) atoms. The smallest absolute Gasteiger partial charge is 0.338 e. The van der Waals surface area contributed by atoms with Crippen LogP contribution in [0.1, 0.15) is 68.2 Å². The lowest BCUT2D eigenvalue weighted by Gasteiger charge is -2.61. The van der Waals surface area contributed by atoms with Crippen molar-refractivity contribution >= 4 is 23.9 Å². The summed E-state index contributed by atoms with van der Waals surface area (Å²) in [5, 5.41) is 11.8. The summed E-state index contributed by atoms with van der Waals surface area (Å²) >= 11 is 0. The molecule has 3 aliphatic rings. The van der Waals surface area contributed by atoms with E-state index in [-0.39, 0.29) is 24.0 Å². The van der Waals surface area contributed by atoms with Crippen molar-refractivity contribution in [2.75, 3.05) is 0 Å². The van der Waals surface area contributed by atoms with Crippen LogP contribution in [-0.4, -0.2) is 70.7 Å². The number of aliphatic hydroxyl groups is 1. The first-order valence-corrected chi connectivity index (χ1v) is 14.1. The van der Waals surface area contributed by atoms with Crippen LogP contribution < -0.4 is 0 Å². The molecule has 1 saturated heterocycles. The van der Waals surface area contributed by atoms with Gasteiger partial charge in [-0.1, -0.05) is 36.4 Å². The highest BCUT2D eigenvalue weighted by molar-refractivity contribution is 5.90. The Labute approximate surface area is 244 Å². The second-order valence-electron chi connectivity index (χ2n) is 12.0. The maximum absolute atomic E-state index is 13.5. The van der Waals surface area contributed by atoms with Gasteiger partial charge in [0.05, 0.1) is 34.2 Å². The lowest BCUT2D eigenvalue weighted by molar-refractivity contribution is -0.308. The minimum atomic E-state index is -1.71. The lowest BCUT2D eigenvalue weighted by Crippen LogP contribution is -2.78. The Bertz CT molecular complexity index is 1360. The standard InChI is InChI=1S/C32H36O10/c1-18(33)38-23-17-16-22(35)32-26(40-28(36)20-12-8-6-9-13-20)24(30(3,4)42-32)25(39-19(2)34)27(31(23,32)5)41-29(37)21-14-10-7-11-15-21/h6-15,22-27,35H,16-17H2,1-5H3. The first kappa shape index (κ1) is 29.7. The molecule has 8 atom stereocenters. The van der Waals surface area contributed by atoms with Gasteiger partial charge in [0, 0.05) is 13.8 Å². The number of benzene rings is 2. The zero-order chi connectivity index (χ0) is 30.4. The molecule has 1 heterocycles. The molecule has 1 N–H and O–H groups in total.